The summed E-state index contributed by atoms with van der Waals surface area (Å²) < 4.78 is 12.1. The number of imide groups is 1. The topological polar surface area (TPSA) is 115 Å². The molecule has 0 aliphatic carbocycles. The van der Waals surface area contributed by atoms with Gasteiger partial charge in [-0.15, -0.1) is 0 Å². The van der Waals surface area contributed by atoms with Gasteiger partial charge >= 0.3 is 6.03 Å². The number of benzene rings is 1. The Morgan fingerprint density at radius 1 is 1.39 bits per heavy atom. The summed E-state index contributed by atoms with van der Waals surface area (Å²) in [6, 6.07) is 4.06. The number of rotatable bonds is 3. The maximum Gasteiger partial charge on any atom is 0.318 e. The molecule has 0 saturated carbocycles. The first kappa shape index (κ1) is 14.2. The summed E-state index contributed by atoms with van der Waals surface area (Å²) in [6.45, 7) is 3.29. The molecule has 1 aromatic rings. The maximum atomic E-state index is 12.1. The monoisotopic (exact) mass is 269 g/mol. The van der Waals surface area contributed by atoms with Gasteiger partial charge in [-0.25, -0.2) is 4.79 Å². The van der Waals surface area contributed by atoms with Crippen LogP contribution < -0.4 is 16.8 Å². The van der Waals surface area contributed by atoms with Gasteiger partial charge < -0.3 is 11.5 Å². The molecule has 0 radical (unpaired) electrons. The third-order valence-electron chi connectivity index (χ3n) is 2.32. The predicted octanol–water partition coefficient (Wildman–Crippen LogP) is 0.268. The lowest BCUT2D eigenvalue weighted by Crippen LogP contribution is -2.42. The molecule has 98 valence electrons. The number of hydrogen-bond acceptors (Lipinski definition) is 4. The Bertz CT molecular complexity index is 516. The van der Waals surface area contributed by atoms with Gasteiger partial charge in [0.25, 0.3) is 0 Å². The van der Waals surface area contributed by atoms with Crippen LogP contribution >= 0.6 is 0 Å². The van der Waals surface area contributed by atoms with Crippen molar-refractivity contribution in [2.45, 2.75) is 24.0 Å². The molecule has 0 fully saturated rings. The fourth-order valence-electron chi connectivity index (χ4n) is 1.36. The zero-order valence-corrected chi connectivity index (χ0v) is 10.9. The minimum absolute atomic E-state index is 0.354. The summed E-state index contributed by atoms with van der Waals surface area (Å²) in [6.07, 6.45) is 0. The van der Waals surface area contributed by atoms with Crippen LogP contribution in [0.25, 0.3) is 0 Å². The van der Waals surface area contributed by atoms with E-state index in [2.05, 4.69) is 0 Å². The molecule has 3 amide bonds. The fraction of sp³-hybridized carbons (Fsp3) is 0.273. The van der Waals surface area contributed by atoms with Crippen LogP contribution in [0.15, 0.2) is 23.1 Å². The van der Waals surface area contributed by atoms with Crippen LogP contribution in [0.2, 0.25) is 0 Å². The van der Waals surface area contributed by atoms with Crippen LogP contribution in [0.1, 0.15) is 12.5 Å². The van der Waals surface area contributed by atoms with Crippen LogP contribution in [0.3, 0.4) is 0 Å². The summed E-state index contributed by atoms with van der Waals surface area (Å²) in [5.74, 6) is -0.694. The van der Waals surface area contributed by atoms with E-state index in [9.17, 15) is 13.8 Å². The van der Waals surface area contributed by atoms with Gasteiger partial charge in [0.1, 0.15) is 5.25 Å². The molecular formula is C11H15N3O3S. The van der Waals surface area contributed by atoms with Crippen molar-refractivity contribution in [1.29, 1.82) is 0 Å². The number of carbonyl (C=O) groups is 2. The molecule has 5 N–H and O–H groups in total. The van der Waals surface area contributed by atoms with Crippen molar-refractivity contribution in [1.82, 2.24) is 5.32 Å². The standard InChI is InChI=1S/C11H15N3O3S/c1-6-3-4-9(8(12)5-6)18(17)7(2)10(15)14-11(13)16/h3-5,7H,12H2,1-2H3,(H3,13,14,15,16). The molecule has 0 saturated heterocycles. The molecule has 7 heteroatoms. The summed E-state index contributed by atoms with van der Waals surface area (Å²) in [7, 11) is -1.64. The van der Waals surface area contributed by atoms with Crippen LogP contribution in [0.5, 0.6) is 0 Å². The Labute approximate surface area is 107 Å². The Balaban J connectivity index is 2.93. The lowest BCUT2D eigenvalue weighted by Gasteiger charge is -2.12. The first-order valence-electron chi connectivity index (χ1n) is 5.20. The molecular weight excluding hydrogens is 254 g/mol. The lowest BCUT2D eigenvalue weighted by atomic mass is 10.2. The fourth-order valence-corrected chi connectivity index (χ4v) is 2.49. The highest BCUT2D eigenvalue weighted by Gasteiger charge is 2.23. The molecule has 1 aromatic carbocycles. The highest BCUT2D eigenvalue weighted by atomic mass is 32.2. The van der Waals surface area contributed by atoms with Gasteiger partial charge in [-0.2, -0.15) is 0 Å². The molecule has 0 spiro atoms. The summed E-state index contributed by atoms with van der Waals surface area (Å²) in [4.78, 5) is 22.4. The van der Waals surface area contributed by atoms with Gasteiger partial charge in [0.15, 0.2) is 0 Å². The van der Waals surface area contributed by atoms with Crippen molar-refractivity contribution in [3.8, 4) is 0 Å². The number of primary amides is 1. The van der Waals surface area contributed by atoms with Crippen molar-refractivity contribution in [3.05, 3.63) is 23.8 Å². The molecule has 18 heavy (non-hydrogen) atoms. The van der Waals surface area contributed by atoms with Gasteiger partial charge in [-0.1, -0.05) is 6.07 Å². The van der Waals surface area contributed by atoms with Gasteiger partial charge in [0, 0.05) is 5.69 Å². The Kier molecular flexibility index (Phi) is 4.43. The zero-order chi connectivity index (χ0) is 13.9. The maximum absolute atomic E-state index is 12.1. The van der Waals surface area contributed by atoms with Crippen LogP contribution in [-0.4, -0.2) is 21.4 Å². The predicted molar refractivity (Wildman–Crippen MR) is 69.2 cm³/mol. The molecule has 2 atom stereocenters. The second-order valence-electron chi connectivity index (χ2n) is 3.83. The number of nitrogens with one attached hydrogen (secondary N) is 1. The van der Waals surface area contributed by atoms with Crippen molar-refractivity contribution in [2.75, 3.05) is 5.73 Å². The molecule has 0 bridgehead atoms. The number of amides is 3. The van der Waals surface area contributed by atoms with Crippen molar-refractivity contribution in [3.63, 3.8) is 0 Å². The molecule has 1 rings (SSSR count). The minimum Gasteiger partial charge on any atom is -0.398 e. The average molecular weight is 269 g/mol. The molecule has 2 unspecified atom stereocenters. The van der Waals surface area contributed by atoms with Crippen LogP contribution in [-0.2, 0) is 15.6 Å². The van der Waals surface area contributed by atoms with E-state index in [1.165, 1.54) is 6.92 Å². The van der Waals surface area contributed by atoms with E-state index in [1.54, 1.807) is 18.2 Å². The third kappa shape index (κ3) is 3.30. The number of hydrogen-bond donors (Lipinski definition) is 3. The molecule has 6 nitrogen and oxygen atoms in total. The van der Waals surface area contributed by atoms with E-state index in [0.717, 1.165) is 5.56 Å². The van der Waals surface area contributed by atoms with E-state index in [1.807, 2.05) is 12.2 Å². The van der Waals surface area contributed by atoms with E-state index in [4.69, 9.17) is 11.5 Å². The second kappa shape index (κ2) is 5.63. The van der Waals surface area contributed by atoms with Gasteiger partial charge in [-0.05, 0) is 31.5 Å². The van der Waals surface area contributed by atoms with E-state index < -0.39 is 28.0 Å². The lowest BCUT2D eigenvalue weighted by molar-refractivity contribution is -0.119. The zero-order valence-electron chi connectivity index (χ0n) is 10.1. The molecule has 0 aliphatic rings. The van der Waals surface area contributed by atoms with Gasteiger partial charge in [-0.3, -0.25) is 14.3 Å². The number of nitrogen functional groups attached to an aromatic ring is 1. The minimum atomic E-state index is -1.64. The number of anilines is 1. The second-order valence-corrected chi connectivity index (χ2v) is 5.58. The third-order valence-corrected chi connectivity index (χ3v) is 3.98. The SMILES string of the molecule is Cc1ccc(S(=O)C(C)C(=O)NC(N)=O)c(N)c1. The first-order valence-corrected chi connectivity index (χ1v) is 6.41. The van der Waals surface area contributed by atoms with Crippen LogP contribution in [0.4, 0.5) is 10.5 Å². The Hall–Kier alpha value is -1.89. The van der Waals surface area contributed by atoms with Crippen molar-refractivity contribution in [2.24, 2.45) is 5.73 Å². The largest absolute Gasteiger partial charge is 0.398 e. The highest BCUT2D eigenvalue weighted by molar-refractivity contribution is 7.86. The van der Waals surface area contributed by atoms with E-state index in [0.29, 0.717) is 10.6 Å². The molecule has 0 heterocycles. The smallest absolute Gasteiger partial charge is 0.318 e. The number of carbonyl (C=O) groups excluding carboxylic acids is 2. The quantitative estimate of drug-likeness (QED) is 0.683. The summed E-state index contributed by atoms with van der Waals surface area (Å²) in [5.41, 5.74) is 11.9. The number of nitrogens with two attached hydrogens (primary N) is 2. The van der Waals surface area contributed by atoms with Gasteiger partial charge in [0.2, 0.25) is 5.91 Å². The Morgan fingerprint density at radius 3 is 2.50 bits per heavy atom. The van der Waals surface area contributed by atoms with Crippen molar-refractivity contribution < 1.29 is 13.8 Å². The first-order chi connectivity index (χ1) is 8.32. The average Bonchev–Trinajstić information content (AvgIpc) is 2.26. The normalized spacial score (nSPS) is 13.7. The number of urea groups is 1. The Morgan fingerprint density at radius 2 is 2.00 bits per heavy atom. The number of aryl methyl sites for hydroxylation is 1. The van der Waals surface area contributed by atoms with Gasteiger partial charge in [0.05, 0.1) is 15.7 Å². The van der Waals surface area contributed by atoms with E-state index >= 15 is 0 Å². The highest BCUT2D eigenvalue weighted by Crippen LogP contribution is 2.20. The molecule has 0 aliphatic heterocycles. The summed E-state index contributed by atoms with van der Waals surface area (Å²) >= 11 is 0. The van der Waals surface area contributed by atoms with Crippen molar-refractivity contribution >= 4 is 28.4 Å². The summed E-state index contributed by atoms with van der Waals surface area (Å²) in [5, 5.41) is 0.976. The van der Waals surface area contributed by atoms with Crippen LogP contribution in [0, 0.1) is 6.92 Å². The molecule has 0 aromatic heterocycles. The van der Waals surface area contributed by atoms with E-state index in [-0.39, 0.29) is 0 Å².